The number of nitrogens with one attached hydrogen (secondary N) is 1. The Morgan fingerprint density at radius 1 is 1.41 bits per heavy atom. The standard InChI is InChI=1S/C12H15ClFNOS/c13-12-2-1-10(14)7-9(12)8-15-11-3-5-17(16)6-4-11/h1-2,7,11,15H,3-6,8H2. The number of halogens is 2. The van der Waals surface area contributed by atoms with Crippen LogP contribution in [0, 0.1) is 5.82 Å². The van der Waals surface area contributed by atoms with Crippen molar-refractivity contribution >= 4 is 22.4 Å². The van der Waals surface area contributed by atoms with Gasteiger partial charge in [0.05, 0.1) is 0 Å². The van der Waals surface area contributed by atoms with Gasteiger partial charge >= 0.3 is 0 Å². The van der Waals surface area contributed by atoms with Crippen LogP contribution in [-0.2, 0) is 17.3 Å². The van der Waals surface area contributed by atoms with E-state index in [1.807, 2.05) is 0 Å². The molecule has 0 unspecified atom stereocenters. The van der Waals surface area contributed by atoms with Crippen LogP contribution in [0.2, 0.25) is 5.02 Å². The second-order valence-corrected chi connectivity index (χ2v) is 6.34. The summed E-state index contributed by atoms with van der Waals surface area (Å²) in [6, 6.07) is 4.75. The Labute approximate surface area is 108 Å². The molecule has 1 aliphatic rings. The van der Waals surface area contributed by atoms with Gasteiger partial charge in [-0.3, -0.25) is 4.21 Å². The van der Waals surface area contributed by atoms with E-state index in [4.69, 9.17) is 11.6 Å². The van der Waals surface area contributed by atoms with Crippen LogP contribution in [0.15, 0.2) is 18.2 Å². The summed E-state index contributed by atoms with van der Waals surface area (Å²) in [6.07, 6.45) is 1.83. The van der Waals surface area contributed by atoms with Gasteiger partial charge in [0.2, 0.25) is 0 Å². The van der Waals surface area contributed by atoms with Gasteiger partial charge in [0.25, 0.3) is 0 Å². The lowest BCUT2D eigenvalue weighted by molar-refractivity contribution is 0.474. The Balaban J connectivity index is 1.89. The Bertz CT molecular complexity index is 417. The zero-order chi connectivity index (χ0) is 12.3. The van der Waals surface area contributed by atoms with E-state index in [1.165, 1.54) is 12.1 Å². The molecule has 1 heterocycles. The SMILES string of the molecule is O=S1CCC(NCc2cc(F)ccc2Cl)CC1. The quantitative estimate of drug-likeness (QED) is 0.918. The zero-order valence-electron chi connectivity index (χ0n) is 9.42. The molecule has 0 spiro atoms. The van der Waals surface area contributed by atoms with Crippen molar-refractivity contribution in [2.24, 2.45) is 0 Å². The van der Waals surface area contributed by atoms with E-state index in [0.717, 1.165) is 29.9 Å². The minimum Gasteiger partial charge on any atom is -0.310 e. The third-order valence-corrected chi connectivity index (χ3v) is 4.73. The predicted molar refractivity (Wildman–Crippen MR) is 69.1 cm³/mol. The van der Waals surface area contributed by atoms with E-state index in [9.17, 15) is 8.60 Å². The van der Waals surface area contributed by atoms with Crippen molar-refractivity contribution in [2.45, 2.75) is 25.4 Å². The number of benzene rings is 1. The first-order valence-corrected chi connectivity index (χ1v) is 7.54. The van der Waals surface area contributed by atoms with Crippen LogP contribution in [0.1, 0.15) is 18.4 Å². The van der Waals surface area contributed by atoms with Crippen LogP contribution in [-0.4, -0.2) is 21.8 Å². The van der Waals surface area contributed by atoms with Gasteiger partial charge in [-0.1, -0.05) is 11.6 Å². The van der Waals surface area contributed by atoms with Crippen LogP contribution in [0.25, 0.3) is 0 Å². The maximum absolute atomic E-state index is 13.0. The highest BCUT2D eigenvalue weighted by Crippen LogP contribution is 2.18. The molecule has 2 nitrogen and oxygen atoms in total. The fourth-order valence-corrected chi connectivity index (χ4v) is 3.41. The third-order valence-electron chi connectivity index (χ3n) is 2.98. The van der Waals surface area contributed by atoms with Gasteiger partial charge in [0, 0.05) is 39.9 Å². The van der Waals surface area contributed by atoms with E-state index in [0.29, 0.717) is 17.6 Å². The summed E-state index contributed by atoms with van der Waals surface area (Å²) in [6.45, 7) is 0.563. The van der Waals surface area contributed by atoms with Gasteiger partial charge in [0.15, 0.2) is 0 Å². The van der Waals surface area contributed by atoms with Crippen molar-refractivity contribution in [3.8, 4) is 0 Å². The summed E-state index contributed by atoms with van der Waals surface area (Å²) in [5.41, 5.74) is 0.776. The lowest BCUT2D eigenvalue weighted by Crippen LogP contribution is -2.35. The van der Waals surface area contributed by atoms with Gasteiger partial charge in [-0.2, -0.15) is 0 Å². The van der Waals surface area contributed by atoms with Crippen molar-refractivity contribution in [3.63, 3.8) is 0 Å². The maximum atomic E-state index is 13.0. The second-order valence-electron chi connectivity index (χ2n) is 4.24. The minimum absolute atomic E-state index is 0.268. The van der Waals surface area contributed by atoms with Crippen molar-refractivity contribution in [1.82, 2.24) is 5.32 Å². The molecule has 5 heteroatoms. The average Bonchev–Trinajstić information content (AvgIpc) is 2.32. The predicted octanol–water partition coefficient (Wildman–Crippen LogP) is 2.48. The van der Waals surface area contributed by atoms with Crippen LogP contribution in [0.5, 0.6) is 0 Å². The molecule has 0 bridgehead atoms. The molecule has 1 aromatic rings. The lowest BCUT2D eigenvalue weighted by atomic mass is 10.1. The molecule has 0 aliphatic carbocycles. The first-order chi connectivity index (χ1) is 8.15. The molecule has 1 saturated heterocycles. The molecule has 0 amide bonds. The molecule has 1 aromatic carbocycles. The van der Waals surface area contributed by atoms with Crippen molar-refractivity contribution in [1.29, 1.82) is 0 Å². The molecule has 0 saturated carbocycles. The summed E-state index contributed by atoms with van der Waals surface area (Å²) in [5.74, 6) is 1.25. The van der Waals surface area contributed by atoms with Crippen LogP contribution in [0.4, 0.5) is 4.39 Å². The first kappa shape index (κ1) is 13.0. The summed E-state index contributed by atoms with van der Waals surface area (Å²) >= 11 is 5.98. The second kappa shape index (κ2) is 5.94. The van der Waals surface area contributed by atoms with E-state index < -0.39 is 10.8 Å². The molecule has 0 radical (unpaired) electrons. The largest absolute Gasteiger partial charge is 0.310 e. The fourth-order valence-electron chi connectivity index (χ4n) is 1.93. The normalized spacial score (nSPS) is 24.8. The summed E-state index contributed by atoms with van der Waals surface area (Å²) < 4.78 is 24.2. The summed E-state index contributed by atoms with van der Waals surface area (Å²) in [4.78, 5) is 0. The zero-order valence-corrected chi connectivity index (χ0v) is 11.0. The summed E-state index contributed by atoms with van der Waals surface area (Å²) in [7, 11) is -0.643. The summed E-state index contributed by atoms with van der Waals surface area (Å²) in [5, 5.41) is 3.92. The van der Waals surface area contributed by atoms with E-state index in [2.05, 4.69) is 5.32 Å². The molecule has 0 aromatic heterocycles. The number of rotatable bonds is 3. The highest BCUT2D eigenvalue weighted by atomic mass is 35.5. The first-order valence-electron chi connectivity index (χ1n) is 5.67. The molecular formula is C12H15ClFNOS. The molecule has 94 valence electrons. The van der Waals surface area contributed by atoms with Crippen molar-refractivity contribution < 1.29 is 8.60 Å². The molecule has 2 rings (SSSR count). The van der Waals surface area contributed by atoms with Crippen molar-refractivity contribution in [3.05, 3.63) is 34.6 Å². The van der Waals surface area contributed by atoms with Crippen LogP contribution in [0.3, 0.4) is 0 Å². The van der Waals surface area contributed by atoms with E-state index in [1.54, 1.807) is 6.07 Å². The highest BCUT2D eigenvalue weighted by Gasteiger charge is 2.17. The lowest BCUT2D eigenvalue weighted by Gasteiger charge is -2.22. The van der Waals surface area contributed by atoms with Crippen LogP contribution >= 0.6 is 11.6 Å². The molecular weight excluding hydrogens is 261 g/mol. The molecule has 17 heavy (non-hydrogen) atoms. The maximum Gasteiger partial charge on any atom is 0.123 e. The van der Waals surface area contributed by atoms with Gasteiger partial charge in [0.1, 0.15) is 5.82 Å². The Kier molecular flexibility index (Phi) is 4.54. The Morgan fingerprint density at radius 2 is 2.12 bits per heavy atom. The third kappa shape index (κ3) is 3.76. The number of hydrogen-bond donors (Lipinski definition) is 1. The molecule has 1 N–H and O–H groups in total. The Morgan fingerprint density at radius 3 is 2.82 bits per heavy atom. The van der Waals surface area contributed by atoms with Gasteiger partial charge in [-0.15, -0.1) is 0 Å². The molecule has 1 aliphatic heterocycles. The van der Waals surface area contributed by atoms with Crippen molar-refractivity contribution in [2.75, 3.05) is 11.5 Å². The average molecular weight is 276 g/mol. The van der Waals surface area contributed by atoms with Gasteiger partial charge in [-0.05, 0) is 36.6 Å². The van der Waals surface area contributed by atoms with Gasteiger partial charge < -0.3 is 5.32 Å². The van der Waals surface area contributed by atoms with E-state index >= 15 is 0 Å². The smallest absolute Gasteiger partial charge is 0.123 e. The molecule has 0 atom stereocenters. The topological polar surface area (TPSA) is 29.1 Å². The Hall–Kier alpha value is -0.450. The van der Waals surface area contributed by atoms with Gasteiger partial charge in [-0.25, -0.2) is 4.39 Å². The monoisotopic (exact) mass is 275 g/mol. The highest BCUT2D eigenvalue weighted by molar-refractivity contribution is 7.85. The van der Waals surface area contributed by atoms with Crippen LogP contribution < -0.4 is 5.32 Å². The minimum atomic E-state index is -0.643. The fraction of sp³-hybridized carbons (Fsp3) is 0.500. The van der Waals surface area contributed by atoms with E-state index in [-0.39, 0.29) is 5.82 Å². The molecule has 1 fully saturated rings. The number of hydrogen-bond acceptors (Lipinski definition) is 2.